The van der Waals surface area contributed by atoms with Gasteiger partial charge in [0.25, 0.3) is 0 Å². The Balaban J connectivity index is 0.00000121. The Kier molecular flexibility index (Phi) is 7.35. The van der Waals surface area contributed by atoms with Crippen LogP contribution in [0.1, 0.15) is 38.2 Å². The predicted octanol–water partition coefficient (Wildman–Crippen LogP) is 1.96. The Morgan fingerprint density at radius 1 is 1.29 bits per heavy atom. The summed E-state index contributed by atoms with van der Waals surface area (Å²) >= 11 is 0. The minimum Gasteiger partial charge on any atom is -0.477 e. The van der Waals surface area contributed by atoms with Gasteiger partial charge >= 0.3 is 5.97 Å². The van der Waals surface area contributed by atoms with Crippen LogP contribution in [0.3, 0.4) is 0 Å². The number of carbonyl (C=O) groups is 1. The van der Waals surface area contributed by atoms with E-state index in [1.54, 1.807) is 12.1 Å². The van der Waals surface area contributed by atoms with Crippen molar-refractivity contribution in [1.29, 1.82) is 0 Å². The molecule has 0 unspecified atom stereocenters. The number of pyridine rings is 1. The summed E-state index contributed by atoms with van der Waals surface area (Å²) in [7, 11) is 0. The van der Waals surface area contributed by atoms with E-state index >= 15 is 0 Å². The summed E-state index contributed by atoms with van der Waals surface area (Å²) in [5, 5.41) is 10.4. The lowest BCUT2D eigenvalue weighted by Gasteiger charge is -1.93. The first-order valence-electron chi connectivity index (χ1n) is 5.68. The molecule has 0 aromatic carbocycles. The van der Waals surface area contributed by atoms with E-state index in [0.29, 0.717) is 5.35 Å². The molecule has 1 heterocycles. The number of aromatic nitrogens is 1. The van der Waals surface area contributed by atoms with Crippen LogP contribution in [0.2, 0.25) is 0 Å². The summed E-state index contributed by atoms with van der Waals surface area (Å²) in [4.78, 5) is 14.7. The molecule has 17 heavy (non-hydrogen) atoms. The van der Waals surface area contributed by atoms with Crippen LogP contribution >= 0.6 is 0 Å². The van der Waals surface area contributed by atoms with E-state index < -0.39 is 5.97 Å². The number of carboxylic acid groups (broad SMARTS) is 1. The minimum atomic E-state index is -1.00. The van der Waals surface area contributed by atoms with Crippen molar-refractivity contribution in [1.82, 2.24) is 4.98 Å². The molecule has 3 nitrogen and oxygen atoms in total. The molecular weight excluding hydrogens is 214 g/mol. The third kappa shape index (κ3) is 4.64. The molecule has 1 aromatic rings. The van der Waals surface area contributed by atoms with Crippen molar-refractivity contribution in [3.05, 3.63) is 40.5 Å². The highest BCUT2D eigenvalue weighted by Crippen LogP contribution is 1.86. The fourth-order valence-electron chi connectivity index (χ4n) is 1.18. The molecule has 92 valence electrons. The van der Waals surface area contributed by atoms with Crippen LogP contribution in [0.5, 0.6) is 0 Å². The summed E-state index contributed by atoms with van der Waals surface area (Å²) in [5.41, 5.74) is 0.0701. The van der Waals surface area contributed by atoms with Gasteiger partial charge in [0.05, 0.1) is 5.35 Å². The molecular formula is C14H19NO2. The number of hydrogen-bond donors (Lipinski definition) is 1. The molecule has 1 N–H and O–H groups in total. The van der Waals surface area contributed by atoms with Crippen molar-refractivity contribution < 1.29 is 9.90 Å². The average Bonchev–Trinajstić information content (AvgIpc) is 2.38. The van der Waals surface area contributed by atoms with Crippen LogP contribution in [-0.4, -0.2) is 16.1 Å². The van der Waals surface area contributed by atoms with Gasteiger partial charge in [0.2, 0.25) is 0 Å². The van der Waals surface area contributed by atoms with Gasteiger partial charge in [-0.1, -0.05) is 44.2 Å². The second kappa shape index (κ2) is 8.28. The third-order valence-corrected chi connectivity index (χ3v) is 1.92. The summed E-state index contributed by atoms with van der Waals surface area (Å²) in [6.45, 7) is 7.76. The van der Waals surface area contributed by atoms with Gasteiger partial charge in [-0.05, 0) is 25.1 Å². The van der Waals surface area contributed by atoms with Gasteiger partial charge in [0, 0.05) is 0 Å². The van der Waals surface area contributed by atoms with Gasteiger partial charge in [-0.3, -0.25) is 0 Å². The topological polar surface area (TPSA) is 50.2 Å². The van der Waals surface area contributed by atoms with Crippen LogP contribution in [0, 0.1) is 0 Å². The molecule has 0 atom stereocenters. The van der Waals surface area contributed by atoms with Crippen molar-refractivity contribution in [3.63, 3.8) is 0 Å². The minimum absolute atomic E-state index is 0.0701. The monoisotopic (exact) mass is 233 g/mol. The molecule has 0 saturated heterocycles. The first-order chi connectivity index (χ1) is 8.19. The van der Waals surface area contributed by atoms with E-state index in [9.17, 15) is 4.79 Å². The van der Waals surface area contributed by atoms with Crippen LogP contribution in [0.4, 0.5) is 0 Å². The zero-order chi connectivity index (χ0) is 13.3. The van der Waals surface area contributed by atoms with Gasteiger partial charge in [0.1, 0.15) is 5.69 Å². The predicted molar refractivity (Wildman–Crippen MR) is 71.2 cm³/mol. The lowest BCUT2D eigenvalue weighted by molar-refractivity contribution is 0.0690. The summed E-state index contributed by atoms with van der Waals surface area (Å²) in [5.74, 6) is -1.00. The number of carboxylic acids is 1. The van der Waals surface area contributed by atoms with Crippen molar-refractivity contribution in [2.45, 2.75) is 27.7 Å². The number of rotatable bonds is 2. The van der Waals surface area contributed by atoms with Gasteiger partial charge in [-0.15, -0.1) is 0 Å². The first kappa shape index (κ1) is 15.1. The van der Waals surface area contributed by atoms with E-state index in [1.165, 1.54) is 6.07 Å². The van der Waals surface area contributed by atoms with Crippen molar-refractivity contribution in [2.24, 2.45) is 0 Å². The van der Waals surface area contributed by atoms with Crippen LogP contribution in [0.15, 0.2) is 24.3 Å². The average molecular weight is 233 g/mol. The van der Waals surface area contributed by atoms with Crippen LogP contribution in [-0.2, 0) is 0 Å². The highest BCUT2D eigenvalue weighted by Gasteiger charge is 2.02. The second-order valence-electron chi connectivity index (χ2n) is 2.96. The van der Waals surface area contributed by atoms with Crippen LogP contribution in [0.25, 0.3) is 12.2 Å². The molecule has 0 amide bonds. The molecule has 1 rings (SSSR count). The molecule has 3 heteroatoms. The first-order valence-corrected chi connectivity index (χ1v) is 5.68. The summed E-state index contributed by atoms with van der Waals surface area (Å²) < 4.78 is 0. The summed E-state index contributed by atoms with van der Waals surface area (Å²) in [6.07, 6.45) is 7.49. The van der Waals surface area contributed by atoms with E-state index in [0.717, 1.165) is 5.22 Å². The van der Waals surface area contributed by atoms with Crippen molar-refractivity contribution in [2.75, 3.05) is 0 Å². The molecule has 0 aliphatic rings. The molecule has 0 radical (unpaired) electrons. The fraction of sp³-hybridized carbons (Fsp3) is 0.286. The fourth-order valence-corrected chi connectivity index (χ4v) is 1.18. The Morgan fingerprint density at radius 2 is 1.94 bits per heavy atom. The Bertz CT molecular complexity index is 501. The smallest absolute Gasteiger partial charge is 0.354 e. The quantitative estimate of drug-likeness (QED) is 0.849. The highest BCUT2D eigenvalue weighted by atomic mass is 16.4. The van der Waals surface area contributed by atoms with E-state index in [1.807, 2.05) is 45.9 Å². The zero-order valence-corrected chi connectivity index (χ0v) is 10.8. The van der Waals surface area contributed by atoms with Gasteiger partial charge in [-0.25, -0.2) is 9.78 Å². The van der Waals surface area contributed by atoms with E-state index in [2.05, 4.69) is 4.98 Å². The lowest BCUT2D eigenvalue weighted by Crippen LogP contribution is -2.29. The normalized spacial score (nSPS) is 12.5. The largest absolute Gasteiger partial charge is 0.477 e. The SMILES string of the molecule is CC.C\C=C/C=c1/ccc(C(=O)O)n/c1=C/C. The van der Waals surface area contributed by atoms with E-state index in [4.69, 9.17) is 5.11 Å². The standard InChI is InChI=1S/C12H13NO2.C2H6/c1-3-5-6-9-7-8-11(12(14)15)13-10(9)4-2;1-2/h3-8H,1-2H3,(H,14,15);1-2H3/b5-3-,9-6-,10-4+;. The molecule has 0 aliphatic heterocycles. The number of allylic oxidation sites excluding steroid dienone is 2. The Morgan fingerprint density at radius 3 is 2.41 bits per heavy atom. The van der Waals surface area contributed by atoms with Gasteiger partial charge < -0.3 is 5.11 Å². The lowest BCUT2D eigenvalue weighted by atomic mass is 10.2. The molecule has 0 spiro atoms. The molecule has 1 aromatic heterocycles. The number of nitrogens with zero attached hydrogens (tertiary/aromatic N) is 1. The zero-order valence-electron chi connectivity index (χ0n) is 10.8. The second-order valence-corrected chi connectivity index (χ2v) is 2.96. The number of hydrogen-bond acceptors (Lipinski definition) is 2. The molecule has 0 aliphatic carbocycles. The molecule has 0 bridgehead atoms. The third-order valence-electron chi connectivity index (χ3n) is 1.92. The van der Waals surface area contributed by atoms with Crippen LogP contribution < -0.4 is 10.6 Å². The maximum absolute atomic E-state index is 10.7. The highest BCUT2D eigenvalue weighted by molar-refractivity contribution is 5.85. The maximum atomic E-state index is 10.7. The van der Waals surface area contributed by atoms with E-state index in [-0.39, 0.29) is 5.69 Å². The van der Waals surface area contributed by atoms with Gasteiger partial charge in [-0.2, -0.15) is 0 Å². The van der Waals surface area contributed by atoms with Crippen molar-refractivity contribution >= 4 is 18.1 Å². The Labute approximate surface area is 102 Å². The van der Waals surface area contributed by atoms with Crippen molar-refractivity contribution in [3.8, 4) is 0 Å². The summed E-state index contributed by atoms with van der Waals surface area (Å²) in [6, 6.07) is 3.26. The molecule has 0 fully saturated rings. The maximum Gasteiger partial charge on any atom is 0.354 e. The Hall–Kier alpha value is -1.90. The van der Waals surface area contributed by atoms with Gasteiger partial charge in [0.15, 0.2) is 0 Å². The molecule has 0 saturated carbocycles. The number of aromatic carboxylic acids is 1.